The number of non-ortho nitro benzene ring substituents is 1. The second-order valence-corrected chi connectivity index (χ2v) is 7.45. The molecule has 8 nitrogen and oxygen atoms in total. The van der Waals surface area contributed by atoms with Gasteiger partial charge in [0.2, 0.25) is 0 Å². The van der Waals surface area contributed by atoms with Crippen LogP contribution in [-0.4, -0.2) is 19.1 Å². The molecule has 0 amide bonds. The van der Waals surface area contributed by atoms with Crippen molar-refractivity contribution < 1.29 is 13.3 Å². The van der Waals surface area contributed by atoms with E-state index in [-0.39, 0.29) is 22.0 Å². The number of nitrogens with one attached hydrogen (secondary N) is 2. The second kappa shape index (κ2) is 8.15. The number of benzene rings is 2. The Bertz CT molecular complexity index is 943. The van der Waals surface area contributed by atoms with Gasteiger partial charge in [0.25, 0.3) is 15.7 Å². The number of nitro benzene ring substituents is 1. The number of anilines is 2. The standard InChI is InChI=1S/C16H17ClN4O4S/c1-3-11(2)18-19-15-9-8-14(21(22)23)10-16(15)26(24,25)20-13-6-4-12(17)5-7-13/h4-10,19-20H,3H2,1-2H3/b18-11-. The molecule has 0 aliphatic carbocycles. The third-order valence-electron chi connectivity index (χ3n) is 3.44. The van der Waals surface area contributed by atoms with Crippen LogP contribution in [-0.2, 0) is 10.0 Å². The lowest BCUT2D eigenvalue weighted by atomic mass is 10.3. The van der Waals surface area contributed by atoms with Crippen molar-refractivity contribution >= 4 is 44.4 Å². The molecule has 2 aromatic rings. The van der Waals surface area contributed by atoms with E-state index >= 15 is 0 Å². The molecule has 0 heterocycles. The summed E-state index contributed by atoms with van der Waals surface area (Å²) in [5.41, 5.74) is 3.47. The van der Waals surface area contributed by atoms with Gasteiger partial charge in [-0.3, -0.25) is 20.3 Å². The van der Waals surface area contributed by atoms with Gasteiger partial charge in [-0.15, -0.1) is 0 Å². The fourth-order valence-electron chi connectivity index (χ4n) is 1.90. The molecule has 0 aliphatic rings. The molecule has 2 aromatic carbocycles. The van der Waals surface area contributed by atoms with Crippen LogP contribution in [0.1, 0.15) is 20.3 Å². The van der Waals surface area contributed by atoms with E-state index in [4.69, 9.17) is 11.6 Å². The van der Waals surface area contributed by atoms with E-state index in [0.29, 0.717) is 11.4 Å². The molecule has 0 spiro atoms. The van der Waals surface area contributed by atoms with Crippen molar-refractivity contribution in [1.29, 1.82) is 0 Å². The molecule has 0 fully saturated rings. The fraction of sp³-hybridized carbons (Fsp3) is 0.188. The maximum atomic E-state index is 12.7. The maximum absolute atomic E-state index is 12.7. The van der Waals surface area contributed by atoms with Crippen molar-refractivity contribution in [1.82, 2.24) is 0 Å². The Labute approximate surface area is 156 Å². The van der Waals surface area contributed by atoms with E-state index in [1.54, 1.807) is 6.92 Å². The lowest BCUT2D eigenvalue weighted by Crippen LogP contribution is -2.15. The summed E-state index contributed by atoms with van der Waals surface area (Å²) in [5.74, 6) is 0. The lowest BCUT2D eigenvalue weighted by molar-refractivity contribution is -0.385. The van der Waals surface area contributed by atoms with Crippen LogP contribution in [0.15, 0.2) is 52.5 Å². The molecule has 0 aromatic heterocycles. The van der Waals surface area contributed by atoms with Crippen LogP contribution in [0.2, 0.25) is 5.02 Å². The Balaban J connectivity index is 2.46. The Hall–Kier alpha value is -2.65. The summed E-state index contributed by atoms with van der Waals surface area (Å²) >= 11 is 5.79. The Morgan fingerprint density at radius 3 is 2.46 bits per heavy atom. The highest BCUT2D eigenvalue weighted by atomic mass is 35.5. The number of hydrogen-bond acceptors (Lipinski definition) is 6. The summed E-state index contributed by atoms with van der Waals surface area (Å²) in [4.78, 5) is 10.1. The van der Waals surface area contributed by atoms with E-state index in [0.717, 1.165) is 11.8 Å². The molecule has 0 atom stereocenters. The number of sulfonamides is 1. The van der Waals surface area contributed by atoms with E-state index in [2.05, 4.69) is 15.2 Å². The van der Waals surface area contributed by atoms with Crippen LogP contribution < -0.4 is 10.1 Å². The molecule has 0 bridgehead atoms. The molecule has 2 N–H and O–H groups in total. The zero-order valence-electron chi connectivity index (χ0n) is 14.1. The number of rotatable bonds is 7. The van der Waals surface area contributed by atoms with Gasteiger partial charge in [0.05, 0.1) is 10.6 Å². The minimum atomic E-state index is -4.10. The summed E-state index contributed by atoms with van der Waals surface area (Å²) in [5, 5.41) is 15.5. The number of nitro groups is 1. The van der Waals surface area contributed by atoms with Gasteiger partial charge in [-0.05, 0) is 43.7 Å². The van der Waals surface area contributed by atoms with Crippen molar-refractivity contribution in [3.05, 3.63) is 57.6 Å². The number of nitrogens with zero attached hydrogens (tertiary/aromatic N) is 2. The minimum absolute atomic E-state index is 0.130. The lowest BCUT2D eigenvalue weighted by Gasteiger charge is -2.12. The molecule has 0 aliphatic heterocycles. The summed E-state index contributed by atoms with van der Waals surface area (Å²) in [7, 11) is -4.10. The van der Waals surface area contributed by atoms with Gasteiger partial charge < -0.3 is 0 Å². The van der Waals surface area contributed by atoms with Gasteiger partial charge >= 0.3 is 0 Å². The summed E-state index contributed by atoms with van der Waals surface area (Å²) in [6, 6.07) is 9.54. The molecular formula is C16H17ClN4O4S. The number of hydrazone groups is 1. The molecule has 10 heteroatoms. The zero-order valence-corrected chi connectivity index (χ0v) is 15.6. The highest BCUT2D eigenvalue weighted by Crippen LogP contribution is 2.28. The van der Waals surface area contributed by atoms with Crippen molar-refractivity contribution in [3.8, 4) is 0 Å². The first-order chi connectivity index (χ1) is 12.2. The van der Waals surface area contributed by atoms with Crippen LogP contribution in [0.25, 0.3) is 0 Å². The third-order valence-corrected chi connectivity index (χ3v) is 5.11. The largest absolute Gasteiger partial charge is 0.280 e. The van der Waals surface area contributed by atoms with Crippen LogP contribution in [0.5, 0.6) is 0 Å². The third kappa shape index (κ3) is 4.93. The second-order valence-electron chi connectivity index (χ2n) is 5.36. The van der Waals surface area contributed by atoms with E-state index in [1.807, 2.05) is 6.92 Å². The topological polar surface area (TPSA) is 114 Å². The van der Waals surface area contributed by atoms with Crippen LogP contribution in [0.4, 0.5) is 17.1 Å². The average molecular weight is 397 g/mol. The summed E-state index contributed by atoms with van der Waals surface area (Å²) in [6.07, 6.45) is 0.672. The van der Waals surface area contributed by atoms with E-state index < -0.39 is 14.9 Å². The van der Waals surface area contributed by atoms with Gasteiger partial charge in [0.15, 0.2) is 0 Å². The first kappa shape index (κ1) is 19.7. The van der Waals surface area contributed by atoms with Gasteiger partial charge in [-0.2, -0.15) is 5.10 Å². The predicted molar refractivity (Wildman–Crippen MR) is 102 cm³/mol. The maximum Gasteiger partial charge on any atom is 0.270 e. The van der Waals surface area contributed by atoms with Crippen molar-refractivity contribution in [2.75, 3.05) is 10.1 Å². The Morgan fingerprint density at radius 1 is 1.23 bits per heavy atom. The van der Waals surface area contributed by atoms with Gasteiger partial charge in [0.1, 0.15) is 4.90 Å². The first-order valence-electron chi connectivity index (χ1n) is 7.59. The molecular weight excluding hydrogens is 380 g/mol. The number of hydrogen-bond donors (Lipinski definition) is 2. The van der Waals surface area contributed by atoms with Crippen LogP contribution >= 0.6 is 11.6 Å². The Kier molecular flexibility index (Phi) is 6.17. The first-order valence-corrected chi connectivity index (χ1v) is 9.45. The molecule has 0 saturated heterocycles. The number of halogens is 1. The van der Waals surface area contributed by atoms with Crippen molar-refractivity contribution in [2.45, 2.75) is 25.2 Å². The van der Waals surface area contributed by atoms with Crippen molar-refractivity contribution in [3.63, 3.8) is 0 Å². The highest BCUT2D eigenvalue weighted by molar-refractivity contribution is 7.92. The summed E-state index contributed by atoms with van der Waals surface area (Å²) in [6.45, 7) is 3.68. The molecule has 0 saturated carbocycles. The van der Waals surface area contributed by atoms with Crippen molar-refractivity contribution in [2.24, 2.45) is 5.10 Å². The average Bonchev–Trinajstić information content (AvgIpc) is 2.61. The normalized spacial score (nSPS) is 11.9. The van der Waals surface area contributed by atoms with Crippen LogP contribution in [0, 0.1) is 10.1 Å². The Morgan fingerprint density at radius 2 is 1.88 bits per heavy atom. The van der Waals surface area contributed by atoms with E-state index in [9.17, 15) is 18.5 Å². The summed E-state index contributed by atoms with van der Waals surface area (Å²) < 4.78 is 27.9. The van der Waals surface area contributed by atoms with Crippen LogP contribution in [0.3, 0.4) is 0 Å². The quantitative estimate of drug-likeness (QED) is 0.412. The van der Waals surface area contributed by atoms with Gasteiger partial charge in [-0.25, -0.2) is 8.42 Å². The monoisotopic (exact) mass is 396 g/mol. The van der Waals surface area contributed by atoms with Gasteiger partial charge in [0, 0.05) is 28.6 Å². The molecule has 2 rings (SSSR count). The predicted octanol–water partition coefficient (Wildman–Crippen LogP) is 4.25. The molecule has 0 radical (unpaired) electrons. The van der Waals surface area contributed by atoms with E-state index in [1.165, 1.54) is 36.4 Å². The van der Waals surface area contributed by atoms with Gasteiger partial charge in [-0.1, -0.05) is 18.5 Å². The minimum Gasteiger partial charge on any atom is -0.280 e. The smallest absolute Gasteiger partial charge is 0.270 e. The zero-order chi connectivity index (χ0) is 19.3. The SMILES string of the molecule is CC/C(C)=N\Nc1ccc([N+](=O)[O-])cc1S(=O)(=O)Nc1ccc(Cl)cc1. The highest BCUT2D eigenvalue weighted by Gasteiger charge is 2.22. The molecule has 26 heavy (non-hydrogen) atoms. The fourth-order valence-corrected chi connectivity index (χ4v) is 3.26. The molecule has 0 unspecified atom stereocenters. The molecule has 138 valence electrons.